The van der Waals surface area contributed by atoms with Crippen molar-refractivity contribution < 1.29 is 8.78 Å². The summed E-state index contributed by atoms with van der Waals surface area (Å²) in [5, 5.41) is 3.47. The summed E-state index contributed by atoms with van der Waals surface area (Å²) in [6.45, 7) is 4.96. The molecule has 0 heterocycles. The zero-order valence-electron chi connectivity index (χ0n) is 11.4. The number of benzene rings is 1. The fourth-order valence-electron chi connectivity index (χ4n) is 2.15. The minimum atomic E-state index is -0.467. The summed E-state index contributed by atoms with van der Waals surface area (Å²) in [7, 11) is 0. The standard InChI is InChI=1S/C15H20BrF2N/c1-3-15(2,9-19-10-4-5-10)8-11-13(17)7-6-12(16)14(11)18/h6-7,10,19H,3-5,8-9H2,1-2H3. The van der Waals surface area contributed by atoms with Crippen LogP contribution in [-0.2, 0) is 6.42 Å². The Labute approximate surface area is 121 Å². The zero-order chi connectivity index (χ0) is 14.0. The number of rotatable bonds is 6. The lowest BCUT2D eigenvalue weighted by Crippen LogP contribution is -2.35. The van der Waals surface area contributed by atoms with Crippen LogP contribution in [0.2, 0.25) is 0 Å². The summed E-state index contributed by atoms with van der Waals surface area (Å²) in [4.78, 5) is 0. The molecule has 0 radical (unpaired) electrons. The first kappa shape index (κ1) is 14.9. The van der Waals surface area contributed by atoms with Crippen LogP contribution in [0, 0.1) is 17.0 Å². The summed E-state index contributed by atoms with van der Waals surface area (Å²) in [6, 6.07) is 3.36. The summed E-state index contributed by atoms with van der Waals surface area (Å²) >= 11 is 3.12. The first-order valence-corrected chi connectivity index (χ1v) is 7.60. The maximum atomic E-state index is 14.0. The van der Waals surface area contributed by atoms with Gasteiger partial charge >= 0.3 is 0 Å². The van der Waals surface area contributed by atoms with E-state index in [1.54, 1.807) is 0 Å². The van der Waals surface area contributed by atoms with Crippen molar-refractivity contribution in [3.8, 4) is 0 Å². The van der Waals surface area contributed by atoms with Crippen LogP contribution in [0.25, 0.3) is 0 Å². The van der Waals surface area contributed by atoms with Gasteiger partial charge in [-0.1, -0.05) is 13.8 Å². The molecule has 0 spiro atoms. The van der Waals surface area contributed by atoms with E-state index in [0.29, 0.717) is 16.9 Å². The van der Waals surface area contributed by atoms with E-state index in [1.165, 1.54) is 25.0 Å². The molecule has 1 aliphatic carbocycles. The lowest BCUT2D eigenvalue weighted by molar-refractivity contribution is 0.281. The number of hydrogen-bond donors (Lipinski definition) is 1. The van der Waals surface area contributed by atoms with E-state index >= 15 is 0 Å². The molecule has 4 heteroatoms. The highest BCUT2D eigenvalue weighted by Crippen LogP contribution is 2.32. The van der Waals surface area contributed by atoms with E-state index in [-0.39, 0.29) is 11.0 Å². The predicted octanol–water partition coefficient (Wildman–Crippen LogP) is 4.44. The Morgan fingerprint density at radius 3 is 2.63 bits per heavy atom. The largest absolute Gasteiger partial charge is 0.313 e. The second-order valence-electron chi connectivity index (χ2n) is 5.82. The fraction of sp³-hybridized carbons (Fsp3) is 0.600. The van der Waals surface area contributed by atoms with Gasteiger partial charge in [0.25, 0.3) is 0 Å². The van der Waals surface area contributed by atoms with Gasteiger partial charge in [0, 0.05) is 18.2 Å². The molecule has 106 valence electrons. The normalized spacial score (nSPS) is 18.4. The summed E-state index contributed by atoms with van der Waals surface area (Å²) in [5.41, 5.74) is 0.0711. The van der Waals surface area contributed by atoms with E-state index in [1.807, 2.05) is 0 Å². The highest BCUT2D eigenvalue weighted by Gasteiger charge is 2.29. The molecule has 1 saturated carbocycles. The van der Waals surface area contributed by atoms with Crippen LogP contribution in [0.1, 0.15) is 38.7 Å². The predicted molar refractivity (Wildman–Crippen MR) is 77.2 cm³/mol. The Bertz CT molecular complexity index is 460. The molecule has 1 aliphatic rings. The molecule has 1 fully saturated rings. The Hall–Kier alpha value is -0.480. The average molecular weight is 332 g/mol. The molecule has 1 nitrogen and oxygen atoms in total. The molecule has 1 unspecified atom stereocenters. The van der Waals surface area contributed by atoms with Crippen molar-refractivity contribution in [2.24, 2.45) is 5.41 Å². The SMILES string of the molecule is CCC(C)(CNC1CC1)Cc1c(F)ccc(Br)c1F. The zero-order valence-corrected chi connectivity index (χ0v) is 13.0. The van der Waals surface area contributed by atoms with Gasteiger partial charge in [-0.05, 0) is 59.2 Å². The fourth-order valence-corrected chi connectivity index (χ4v) is 2.52. The third-order valence-corrected chi connectivity index (χ3v) is 4.60. The van der Waals surface area contributed by atoms with Gasteiger partial charge in [0.15, 0.2) is 0 Å². The minimum absolute atomic E-state index is 0.120. The third kappa shape index (κ3) is 3.76. The second kappa shape index (κ2) is 5.88. The van der Waals surface area contributed by atoms with Crippen molar-refractivity contribution in [1.82, 2.24) is 5.32 Å². The molecular formula is C15H20BrF2N. The van der Waals surface area contributed by atoms with Crippen molar-refractivity contribution in [2.75, 3.05) is 6.54 Å². The molecule has 1 aromatic rings. The first-order valence-electron chi connectivity index (χ1n) is 6.81. The van der Waals surface area contributed by atoms with Crippen molar-refractivity contribution >= 4 is 15.9 Å². The number of halogens is 3. The third-order valence-electron chi connectivity index (χ3n) is 3.99. The lowest BCUT2D eigenvalue weighted by Gasteiger charge is -2.29. The first-order chi connectivity index (χ1) is 8.95. The molecule has 19 heavy (non-hydrogen) atoms. The van der Waals surface area contributed by atoms with E-state index in [0.717, 1.165) is 13.0 Å². The van der Waals surface area contributed by atoms with Crippen molar-refractivity contribution in [3.63, 3.8) is 0 Å². The molecule has 0 bridgehead atoms. The van der Waals surface area contributed by atoms with E-state index in [4.69, 9.17) is 0 Å². The molecule has 1 atom stereocenters. The van der Waals surface area contributed by atoms with Gasteiger partial charge in [0.1, 0.15) is 11.6 Å². The smallest absolute Gasteiger partial charge is 0.143 e. The quantitative estimate of drug-likeness (QED) is 0.760. The number of nitrogens with one attached hydrogen (secondary N) is 1. The minimum Gasteiger partial charge on any atom is -0.313 e. The molecule has 2 rings (SSSR count). The Kier molecular flexibility index (Phi) is 4.62. The van der Waals surface area contributed by atoms with E-state index in [9.17, 15) is 8.78 Å². The van der Waals surface area contributed by atoms with Crippen molar-refractivity contribution in [2.45, 2.75) is 45.6 Å². The average Bonchev–Trinajstić information content (AvgIpc) is 3.21. The van der Waals surface area contributed by atoms with Crippen LogP contribution in [0.3, 0.4) is 0 Å². The van der Waals surface area contributed by atoms with Gasteiger partial charge in [-0.2, -0.15) is 0 Å². The molecule has 1 aromatic carbocycles. The van der Waals surface area contributed by atoms with Crippen LogP contribution >= 0.6 is 15.9 Å². The van der Waals surface area contributed by atoms with Crippen LogP contribution in [0.4, 0.5) is 8.78 Å². The van der Waals surface area contributed by atoms with Gasteiger partial charge in [0.2, 0.25) is 0 Å². The lowest BCUT2D eigenvalue weighted by atomic mass is 9.80. The second-order valence-corrected chi connectivity index (χ2v) is 6.67. The Morgan fingerprint density at radius 2 is 2.05 bits per heavy atom. The molecule has 1 N–H and O–H groups in total. The van der Waals surface area contributed by atoms with E-state index in [2.05, 4.69) is 35.1 Å². The van der Waals surface area contributed by atoms with Gasteiger partial charge in [0.05, 0.1) is 4.47 Å². The number of hydrogen-bond acceptors (Lipinski definition) is 1. The van der Waals surface area contributed by atoms with Crippen molar-refractivity contribution in [1.29, 1.82) is 0 Å². The highest BCUT2D eigenvalue weighted by atomic mass is 79.9. The molecule has 0 amide bonds. The van der Waals surface area contributed by atoms with Gasteiger partial charge in [-0.25, -0.2) is 8.78 Å². The van der Waals surface area contributed by atoms with Crippen LogP contribution in [0.15, 0.2) is 16.6 Å². The Balaban J connectivity index is 2.14. The maximum absolute atomic E-state index is 14.0. The van der Waals surface area contributed by atoms with E-state index < -0.39 is 11.6 Å². The summed E-state index contributed by atoms with van der Waals surface area (Å²) in [5.74, 6) is -0.919. The molecule has 0 aliphatic heterocycles. The maximum Gasteiger partial charge on any atom is 0.143 e. The van der Waals surface area contributed by atoms with Crippen LogP contribution in [0.5, 0.6) is 0 Å². The summed E-state index contributed by atoms with van der Waals surface area (Å²) < 4.78 is 28.2. The summed E-state index contributed by atoms with van der Waals surface area (Å²) in [6.07, 6.45) is 3.75. The monoisotopic (exact) mass is 331 g/mol. The highest BCUT2D eigenvalue weighted by molar-refractivity contribution is 9.10. The molecule has 0 saturated heterocycles. The van der Waals surface area contributed by atoms with Gasteiger partial charge in [-0.3, -0.25) is 0 Å². The van der Waals surface area contributed by atoms with Crippen LogP contribution in [-0.4, -0.2) is 12.6 Å². The molecule has 0 aromatic heterocycles. The topological polar surface area (TPSA) is 12.0 Å². The van der Waals surface area contributed by atoms with Crippen LogP contribution < -0.4 is 5.32 Å². The molecular weight excluding hydrogens is 312 g/mol. The van der Waals surface area contributed by atoms with Gasteiger partial charge < -0.3 is 5.32 Å². The van der Waals surface area contributed by atoms with Gasteiger partial charge in [-0.15, -0.1) is 0 Å². The van der Waals surface area contributed by atoms with Crippen molar-refractivity contribution in [3.05, 3.63) is 33.8 Å². The Morgan fingerprint density at radius 1 is 1.37 bits per heavy atom.